The molecular formula is C11H12N2O4S. The van der Waals surface area contributed by atoms with Crippen LogP contribution < -0.4 is 0 Å². The molecule has 3 rings (SSSR count). The van der Waals surface area contributed by atoms with E-state index in [1.165, 1.54) is 21.5 Å². The number of fused-ring (bicyclic) bond motifs is 1. The summed E-state index contributed by atoms with van der Waals surface area (Å²) in [5, 5.41) is 4.58. The molecule has 0 N–H and O–H groups in total. The molecule has 2 amide bonds. The molecule has 1 unspecified atom stereocenters. The van der Waals surface area contributed by atoms with Crippen LogP contribution in [-0.4, -0.2) is 41.3 Å². The van der Waals surface area contributed by atoms with Gasteiger partial charge in [-0.3, -0.25) is 14.4 Å². The van der Waals surface area contributed by atoms with Gasteiger partial charge < -0.3 is 0 Å². The number of carbonyl (C=O) groups excluding carboxylic acids is 2. The van der Waals surface area contributed by atoms with Crippen LogP contribution in [-0.2, 0) is 9.68 Å². The molecule has 7 heteroatoms. The van der Waals surface area contributed by atoms with E-state index in [2.05, 4.69) is 0 Å². The number of rotatable bonds is 1. The SMILES string of the molecule is CN1OCCC(C)(N2C(=O)c3cscc3C2=O)O1. The molecule has 1 fully saturated rings. The minimum Gasteiger partial charge on any atom is -0.274 e. The zero-order valence-electron chi connectivity index (χ0n) is 10.0. The molecule has 6 nitrogen and oxygen atoms in total. The van der Waals surface area contributed by atoms with Gasteiger partial charge >= 0.3 is 0 Å². The standard InChI is InChI=1S/C11H12N2O4S/c1-11(3-4-16-12(2)17-11)13-9(14)7-5-18-6-8(7)10(13)15/h5-6H,3-4H2,1-2H3. The Labute approximate surface area is 108 Å². The molecular weight excluding hydrogens is 256 g/mol. The highest BCUT2D eigenvalue weighted by Gasteiger charge is 2.50. The van der Waals surface area contributed by atoms with Crippen molar-refractivity contribution < 1.29 is 19.3 Å². The van der Waals surface area contributed by atoms with Crippen LogP contribution in [0.15, 0.2) is 10.8 Å². The average Bonchev–Trinajstić information content (AvgIpc) is 2.83. The van der Waals surface area contributed by atoms with Crippen LogP contribution in [0.2, 0.25) is 0 Å². The maximum absolute atomic E-state index is 12.3. The second-order valence-corrected chi connectivity index (χ2v) is 5.18. The predicted molar refractivity (Wildman–Crippen MR) is 62.6 cm³/mol. The Morgan fingerprint density at radius 3 is 2.44 bits per heavy atom. The number of hydrogen-bond donors (Lipinski definition) is 0. The van der Waals surface area contributed by atoms with E-state index in [9.17, 15) is 9.59 Å². The Morgan fingerprint density at radius 1 is 1.28 bits per heavy atom. The van der Waals surface area contributed by atoms with Gasteiger partial charge in [0.2, 0.25) is 0 Å². The molecule has 0 saturated carbocycles. The van der Waals surface area contributed by atoms with E-state index in [1.807, 2.05) is 0 Å². The van der Waals surface area contributed by atoms with Gasteiger partial charge in [-0.15, -0.1) is 0 Å². The molecule has 3 heterocycles. The lowest BCUT2D eigenvalue weighted by atomic mass is 10.1. The van der Waals surface area contributed by atoms with Crippen LogP contribution in [0.1, 0.15) is 34.1 Å². The molecule has 1 saturated heterocycles. The van der Waals surface area contributed by atoms with Crippen molar-refractivity contribution in [2.75, 3.05) is 13.7 Å². The Morgan fingerprint density at radius 2 is 1.89 bits per heavy atom. The first-order valence-corrected chi connectivity index (χ1v) is 6.48. The summed E-state index contributed by atoms with van der Waals surface area (Å²) in [6.07, 6.45) is 0.447. The fraction of sp³-hybridized carbons (Fsp3) is 0.455. The molecule has 0 aliphatic carbocycles. The molecule has 2 aliphatic rings. The van der Waals surface area contributed by atoms with Crippen molar-refractivity contribution in [3.63, 3.8) is 0 Å². The maximum Gasteiger partial charge on any atom is 0.264 e. The molecule has 0 bridgehead atoms. The highest BCUT2D eigenvalue weighted by Crippen LogP contribution is 2.35. The van der Waals surface area contributed by atoms with Crippen LogP contribution in [0.25, 0.3) is 0 Å². The van der Waals surface area contributed by atoms with Gasteiger partial charge in [-0.2, -0.15) is 11.3 Å². The van der Waals surface area contributed by atoms with E-state index in [0.717, 1.165) is 0 Å². The van der Waals surface area contributed by atoms with Gasteiger partial charge in [0.1, 0.15) is 0 Å². The summed E-state index contributed by atoms with van der Waals surface area (Å²) < 4.78 is 0. The average molecular weight is 268 g/mol. The molecule has 18 heavy (non-hydrogen) atoms. The number of hydroxylamine groups is 2. The van der Waals surface area contributed by atoms with E-state index in [0.29, 0.717) is 24.2 Å². The lowest BCUT2D eigenvalue weighted by molar-refractivity contribution is -0.440. The summed E-state index contributed by atoms with van der Waals surface area (Å²) in [6.45, 7) is 2.12. The predicted octanol–water partition coefficient (Wildman–Crippen LogP) is 1.26. The molecule has 1 atom stereocenters. The van der Waals surface area contributed by atoms with Crippen LogP contribution in [0, 0.1) is 0 Å². The Balaban J connectivity index is 1.97. The first-order valence-electron chi connectivity index (χ1n) is 5.54. The van der Waals surface area contributed by atoms with Gasteiger partial charge in [0.25, 0.3) is 11.8 Å². The monoisotopic (exact) mass is 268 g/mol. The van der Waals surface area contributed by atoms with Crippen LogP contribution in [0.3, 0.4) is 0 Å². The smallest absolute Gasteiger partial charge is 0.264 e. The zero-order chi connectivity index (χ0) is 12.9. The third-order valence-electron chi connectivity index (χ3n) is 3.17. The minimum absolute atomic E-state index is 0.297. The van der Waals surface area contributed by atoms with E-state index >= 15 is 0 Å². The van der Waals surface area contributed by atoms with Crippen LogP contribution in [0.4, 0.5) is 0 Å². The van der Waals surface area contributed by atoms with Gasteiger partial charge in [-0.05, 0) is 6.92 Å². The second-order valence-electron chi connectivity index (χ2n) is 4.43. The number of carbonyl (C=O) groups is 2. The molecule has 1 aromatic heterocycles. The Bertz CT molecular complexity index is 498. The number of thiophene rings is 1. The lowest BCUT2D eigenvalue weighted by Gasteiger charge is -2.41. The fourth-order valence-corrected chi connectivity index (χ4v) is 3.05. The normalized spacial score (nSPS) is 28.9. The lowest BCUT2D eigenvalue weighted by Crippen LogP contribution is -2.57. The van der Waals surface area contributed by atoms with E-state index in [-0.39, 0.29) is 11.8 Å². The van der Waals surface area contributed by atoms with Gasteiger partial charge in [-0.25, -0.2) is 9.74 Å². The Kier molecular flexibility index (Phi) is 2.53. The summed E-state index contributed by atoms with van der Waals surface area (Å²) in [6, 6.07) is 0. The van der Waals surface area contributed by atoms with E-state index in [1.54, 1.807) is 24.7 Å². The molecule has 1 aromatic rings. The first kappa shape index (κ1) is 11.8. The van der Waals surface area contributed by atoms with Crippen molar-refractivity contribution in [3.8, 4) is 0 Å². The number of hydrogen-bond acceptors (Lipinski definition) is 6. The highest BCUT2D eigenvalue weighted by molar-refractivity contribution is 7.08. The molecule has 96 valence electrons. The maximum atomic E-state index is 12.3. The van der Waals surface area contributed by atoms with E-state index < -0.39 is 5.72 Å². The van der Waals surface area contributed by atoms with Gasteiger partial charge in [0.05, 0.1) is 17.7 Å². The minimum atomic E-state index is -0.988. The molecule has 0 aromatic carbocycles. The van der Waals surface area contributed by atoms with Crippen LogP contribution in [0.5, 0.6) is 0 Å². The number of amides is 2. The van der Waals surface area contributed by atoms with Gasteiger partial charge in [-0.1, -0.05) is 5.23 Å². The molecule has 2 aliphatic heterocycles. The second kappa shape index (κ2) is 3.86. The zero-order valence-corrected chi connectivity index (χ0v) is 10.8. The van der Waals surface area contributed by atoms with Crippen molar-refractivity contribution in [3.05, 3.63) is 21.9 Å². The van der Waals surface area contributed by atoms with Crippen molar-refractivity contribution in [1.29, 1.82) is 0 Å². The largest absolute Gasteiger partial charge is 0.274 e. The van der Waals surface area contributed by atoms with E-state index in [4.69, 9.17) is 9.68 Å². The number of imide groups is 1. The van der Waals surface area contributed by atoms with Crippen molar-refractivity contribution in [2.24, 2.45) is 0 Å². The summed E-state index contributed by atoms with van der Waals surface area (Å²) in [5.41, 5.74) is -0.0642. The first-order chi connectivity index (χ1) is 8.53. The van der Waals surface area contributed by atoms with Crippen molar-refractivity contribution in [2.45, 2.75) is 19.1 Å². The quantitative estimate of drug-likeness (QED) is 0.718. The van der Waals surface area contributed by atoms with Crippen molar-refractivity contribution in [1.82, 2.24) is 10.1 Å². The summed E-state index contributed by atoms with van der Waals surface area (Å²) in [4.78, 5) is 36.3. The summed E-state index contributed by atoms with van der Waals surface area (Å²) in [5.74, 6) is -0.594. The topological polar surface area (TPSA) is 59.1 Å². The van der Waals surface area contributed by atoms with Crippen LogP contribution >= 0.6 is 11.3 Å². The fourth-order valence-electron chi connectivity index (χ4n) is 2.26. The van der Waals surface area contributed by atoms with Gasteiger partial charge in [0, 0.05) is 24.2 Å². The number of nitrogens with zero attached hydrogens (tertiary/aromatic N) is 2. The third-order valence-corrected chi connectivity index (χ3v) is 3.91. The third kappa shape index (κ3) is 1.52. The molecule has 0 spiro atoms. The summed E-state index contributed by atoms with van der Waals surface area (Å²) >= 11 is 1.35. The van der Waals surface area contributed by atoms with Gasteiger partial charge in [0.15, 0.2) is 5.72 Å². The highest BCUT2D eigenvalue weighted by atomic mass is 32.1. The van der Waals surface area contributed by atoms with Crippen molar-refractivity contribution >= 4 is 23.2 Å². The summed E-state index contributed by atoms with van der Waals surface area (Å²) in [7, 11) is 1.59. The molecule has 0 radical (unpaired) electrons. The Hall–Kier alpha value is -1.28.